The van der Waals surface area contributed by atoms with Gasteiger partial charge in [0.2, 0.25) is 17.7 Å². The number of amides is 3. The van der Waals surface area contributed by atoms with E-state index in [2.05, 4.69) is 6.92 Å². The molecular formula is C25H37N3O5. The highest BCUT2D eigenvalue weighted by Gasteiger charge is 2.72. The minimum Gasteiger partial charge on any atom is -0.394 e. The van der Waals surface area contributed by atoms with Crippen LogP contribution in [0.1, 0.15) is 46.5 Å². The fourth-order valence-corrected chi connectivity index (χ4v) is 6.00. The number of likely N-dealkylation sites (tertiary alicyclic amines) is 1. The second-order valence-electron chi connectivity index (χ2n) is 9.58. The number of hydrogen-bond acceptors (Lipinski definition) is 5. The average Bonchev–Trinajstić information content (AvgIpc) is 3.13. The van der Waals surface area contributed by atoms with Gasteiger partial charge in [0.05, 0.1) is 30.6 Å². The van der Waals surface area contributed by atoms with Crippen molar-refractivity contribution >= 4 is 17.7 Å². The number of ether oxygens (including phenoxy) is 1. The zero-order valence-electron chi connectivity index (χ0n) is 20.0. The van der Waals surface area contributed by atoms with Gasteiger partial charge in [0.25, 0.3) is 0 Å². The smallest absolute Gasteiger partial charge is 0.249 e. The highest BCUT2D eigenvalue weighted by atomic mass is 16.5. The monoisotopic (exact) mass is 459 g/mol. The van der Waals surface area contributed by atoms with Gasteiger partial charge in [-0.3, -0.25) is 14.4 Å². The lowest BCUT2D eigenvalue weighted by molar-refractivity contribution is -0.151. The van der Waals surface area contributed by atoms with Crippen LogP contribution in [0.2, 0.25) is 0 Å². The molecule has 0 aliphatic carbocycles. The number of hydrogen-bond donors (Lipinski definition) is 1. The molecule has 0 aromatic rings. The number of aliphatic hydroxyl groups excluding tert-OH is 1. The minimum atomic E-state index is -1.21. The first kappa shape index (κ1) is 24.0. The van der Waals surface area contributed by atoms with Crippen LogP contribution in [0, 0.1) is 11.8 Å². The van der Waals surface area contributed by atoms with E-state index < -0.39 is 35.6 Å². The lowest BCUT2D eigenvalue weighted by Gasteiger charge is -2.38. The van der Waals surface area contributed by atoms with Gasteiger partial charge in [0.1, 0.15) is 11.6 Å². The Labute approximate surface area is 196 Å². The second kappa shape index (κ2) is 9.58. The predicted molar refractivity (Wildman–Crippen MR) is 123 cm³/mol. The number of unbranched alkanes of at least 4 members (excludes halogenated alkanes) is 1. The molecule has 0 bridgehead atoms. The van der Waals surface area contributed by atoms with Crippen LogP contribution in [0.3, 0.4) is 0 Å². The van der Waals surface area contributed by atoms with Gasteiger partial charge in [-0.05, 0) is 19.3 Å². The Bertz CT molecular complexity index is 838. The van der Waals surface area contributed by atoms with Gasteiger partial charge in [-0.1, -0.05) is 51.5 Å². The number of rotatable bonds is 8. The van der Waals surface area contributed by atoms with E-state index in [0.717, 1.165) is 19.3 Å². The van der Waals surface area contributed by atoms with Crippen LogP contribution >= 0.6 is 0 Å². The summed E-state index contributed by atoms with van der Waals surface area (Å²) in [4.78, 5) is 46.6. The summed E-state index contributed by atoms with van der Waals surface area (Å²) in [6.45, 7) is 7.92. The van der Waals surface area contributed by atoms with E-state index in [1.807, 2.05) is 38.2 Å². The van der Waals surface area contributed by atoms with Crippen molar-refractivity contribution in [3.05, 3.63) is 24.3 Å². The van der Waals surface area contributed by atoms with E-state index in [9.17, 15) is 19.5 Å². The molecule has 0 aromatic heterocycles. The minimum absolute atomic E-state index is 0.0901. The number of carbonyl (C=O) groups is 3. The maximum atomic E-state index is 14.0. The summed E-state index contributed by atoms with van der Waals surface area (Å²) < 4.78 is 6.59. The first-order valence-electron chi connectivity index (χ1n) is 12.5. The van der Waals surface area contributed by atoms with Crippen LogP contribution in [-0.2, 0) is 19.1 Å². The van der Waals surface area contributed by atoms with Crippen LogP contribution in [0.5, 0.6) is 0 Å². The Kier molecular flexibility index (Phi) is 6.96. The fraction of sp³-hybridized carbons (Fsp3) is 0.720. The lowest BCUT2D eigenvalue weighted by atomic mass is 9.77. The summed E-state index contributed by atoms with van der Waals surface area (Å²) in [5, 5.41) is 10.1. The zero-order chi connectivity index (χ0) is 23.8. The van der Waals surface area contributed by atoms with Gasteiger partial charge >= 0.3 is 0 Å². The van der Waals surface area contributed by atoms with Gasteiger partial charge < -0.3 is 24.5 Å². The molecule has 4 heterocycles. The third kappa shape index (κ3) is 3.71. The average molecular weight is 460 g/mol. The molecule has 8 heteroatoms. The summed E-state index contributed by atoms with van der Waals surface area (Å²) >= 11 is 0. The van der Waals surface area contributed by atoms with E-state index in [4.69, 9.17) is 4.74 Å². The largest absolute Gasteiger partial charge is 0.394 e. The van der Waals surface area contributed by atoms with Crippen molar-refractivity contribution in [2.75, 3.05) is 32.8 Å². The summed E-state index contributed by atoms with van der Waals surface area (Å²) in [5.74, 6) is -1.97. The highest BCUT2D eigenvalue weighted by Crippen LogP contribution is 2.54. The molecule has 1 unspecified atom stereocenters. The molecule has 182 valence electrons. The molecule has 1 N–H and O–H groups in total. The lowest BCUT2D eigenvalue weighted by Crippen LogP contribution is -2.58. The molecule has 3 amide bonds. The Morgan fingerprint density at radius 3 is 2.42 bits per heavy atom. The first-order chi connectivity index (χ1) is 15.9. The molecule has 33 heavy (non-hydrogen) atoms. The van der Waals surface area contributed by atoms with Gasteiger partial charge in [-0.25, -0.2) is 0 Å². The van der Waals surface area contributed by atoms with Crippen molar-refractivity contribution in [1.29, 1.82) is 0 Å². The van der Waals surface area contributed by atoms with Crippen molar-refractivity contribution in [2.24, 2.45) is 11.8 Å². The molecule has 6 atom stereocenters. The first-order valence-corrected chi connectivity index (χ1v) is 12.5. The summed E-state index contributed by atoms with van der Waals surface area (Å²) in [7, 11) is 0. The third-order valence-corrected chi connectivity index (χ3v) is 7.61. The SMILES string of the molecule is CCCCN1CC=C[C@]23O[C@@H]4C=CCN(CCC)C(=O)[C@@H]4[C@H]2C(=O)N([C@@H](CC)CO)C3C1=O. The van der Waals surface area contributed by atoms with Crippen LogP contribution in [-0.4, -0.2) is 94.1 Å². The standard InChI is InChI=1S/C25H37N3O5/c1-4-7-13-27-15-9-11-25-20(23(31)28(17(6-3)16-29)21(25)24(27)32)19-18(33-25)10-8-14-26(12-5-2)22(19)30/h8-11,17-21,29H,4-7,12-16H2,1-3H3/t17-,18+,19-,20-,21?,25-/m0/s1. The molecule has 4 aliphatic rings. The summed E-state index contributed by atoms with van der Waals surface area (Å²) in [5.41, 5.74) is -1.21. The van der Waals surface area contributed by atoms with E-state index in [1.54, 1.807) is 14.7 Å². The molecule has 4 aliphatic heterocycles. The third-order valence-electron chi connectivity index (χ3n) is 7.61. The molecule has 0 aromatic carbocycles. The van der Waals surface area contributed by atoms with Crippen LogP contribution in [0.15, 0.2) is 24.3 Å². The van der Waals surface area contributed by atoms with E-state index in [1.165, 1.54) is 0 Å². The highest BCUT2D eigenvalue weighted by molar-refractivity contribution is 6.00. The maximum absolute atomic E-state index is 14.0. The maximum Gasteiger partial charge on any atom is 0.249 e. The zero-order valence-corrected chi connectivity index (χ0v) is 20.0. The number of nitrogens with zero attached hydrogens (tertiary/aromatic N) is 3. The molecular weight excluding hydrogens is 422 g/mol. The van der Waals surface area contributed by atoms with Gasteiger partial charge in [0, 0.05) is 26.2 Å². The Morgan fingerprint density at radius 2 is 1.76 bits per heavy atom. The van der Waals surface area contributed by atoms with Crippen molar-refractivity contribution in [3.63, 3.8) is 0 Å². The molecule has 1 spiro atoms. The molecule has 2 fully saturated rings. The van der Waals surface area contributed by atoms with E-state index >= 15 is 0 Å². The molecule has 0 radical (unpaired) electrons. The number of fused-ring (bicyclic) bond motifs is 2. The normalized spacial score (nSPS) is 34.3. The van der Waals surface area contributed by atoms with Crippen molar-refractivity contribution in [3.8, 4) is 0 Å². The second-order valence-corrected chi connectivity index (χ2v) is 9.58. The van der Waals surface area contributed by atoms with E-state index in [0.29, 0.717) is 32.6 Å². The van der Waals surface area contributed by atoms with Crippen molar-refractivity contribution in [2.45, 2.75) is 70.2 Å². The van der Waals surface area contributed by atoms with Crippen LogP contribution in [0.4, 0.5) is 0 Å². The van der Waals surface area contributed by atoms with Gasteiger partial charge in [-0.2, -0.15) is 0 Å². The summed E-state index contributed by atoms with van der Waals surface area (Å²) in [6.07, 6.45) is 10.2. The Balaban J connectivity index is 1.81. The van der Waals surface area contributed by atoms with Gasteiger partial charge in [-0.15, -0.1) is 0 Å². The quantitative estimate of drug-likeness (QED) is 0.554. The predicted octanol–water partition coefficient (Wildman–Crippen LogP) is 1.35. The number of aliphatic hydroxyl groups is 1. The van der Waals surface area contributed by atoms with Crippen molar-refractivity contribution < 1.29 is 24.2 Å². The molecule has 4 rings (SSSR count). The summed E-state index contributed by atoms with van der Waals surface area (Å²) in [6, 6.07) is -1.38. The molecule has 0 saturated carbocycles. The molecule has 8 nitrogen and oxygen atoms in total. The van der Waals surface area contributed by atoms with Crippen molar-refractivity contribution in [1.82, 2.24) is 14.7 Å². The topological polar surface area (TPSA) is 90.4 Å². The van der Waals surface area contributed by atoms with Gasteiger partial charge in [0.15, 0.2) is 0 Å². The van der Waals surface area contributed by atoms with E-state index in [-0.39, 0.29) is 24.3 Å². The Morgan fingerprint density at radius 1 is 1.03 bits per heavy atom. The number of carbonyl (C=O) groups excluding carboxylic acids is 3. The van der Waals surface area contributed by atoms with Crippen LogP contribution < -0.4 is 0 Å². The fourth-order valence-electron chi connectivity index (χ4n) is 6.00. The Hall–Kier alpha value is -2.19. The van der Waals surface area contributed by atoms with Crippen LogP contribution in [0.25, 0.3) is 0 Å². The molecule has 2 saturated heterocycles.